The molecule has 0 aliphatic carbocycles. The standard InChI is InChI=1S/C28H27FN6OS/c1-18-17-20(19(2)35(18)24-12-6-8-15-31-24)27-26(23-11-5-7-14-30-23)33-28(37)34(27)16-13-25(36)32-22-10-4-3-9-21(22)29/h3-12,14-15,17,26-27H,13,16H2,1-2H3,(H,32,36)(H,33,37)/t26-,27+/m0/s1. The van der Waals surface area contributed by atoms with Crippen LogP contribution in [0.5, 0.6) is 0 Å². The maximum absolute atomic E-state index is 14.0. The number of hydrogen-bond donors (Lipinski definition) is 2. The van der Waals surface area contributed by atoms with E-state index in [2.05, 4.69) is 38.2 Å². The molecule has 0 radical (unpaired) electrons. The zero-order chi connectivity index (χ0) is 25.9. The highest BCUT2D eigenvalue weighted by molar-refractivity contribution is 7.80. The van der Waals surface area contributed by atoms with E-state index in [9.17, 15) is 9.18 Å². The Labute approximate surface area is 220 Å². The monoisotopic (exact) mass is 514 g/mol. The minimum Gasteiger partial charge on any atom is -0.352 e. The quantitative estimate of drug-likeness (QED) is 0.337. The van der Waals surface area contributed by atoms with Gasteiger partial charge in [0.1, 0.15) is 11.6 Å². The van der Waals surface area contributed by atoms with Gasteiger partial charge in [-0.05, 0) is 74.1 Å². The second kappa shape index (κ2) is 10.5. The average molecular weight is 515 g/mol. The lowest BCUT2D eigenvalue weighted by molar-refractivity contribution is -0.116. The first-order valence-electron chi connectivity index (χ1n) is 12.1. The predicted octanol–water partition coefficient (Wildman–Crippen LogP) is 5.02. The molecule has 0 spiro atoms. The Bertz CT molecular complexity index is 1430. The van der Waals surface area contributed by atoms with Gasteiger partial charge in [-0.3, -0.25) is 9.78 Å². The van der Waals surface area contributed by atoms with Crippen LogP contribution in [0, 0.1) is 19.7 Å². The number of aromatic nitrogens is 3. The van der Waals surface area contributed by atoms with Crippen LogP contribution in [0.2, 0.25) is 0 Å². The molecule has 1 fully saturated rings. The Kier molecular flexibility index (Phi) is 6.96. The van der Waals surface area contributed by atoms with Crippen molar-refractivity contribution in [2.45, 2.75) is 32.4 Å². The summed E-state index contributed by atoms with van der Waals surface area (Å²) < 4.78 is 16.2. The third kappa shape index (κ3) is 4.95. The van der Waals surface area contributed by atoms with E-state index in [0.717, 1.165) is 28.5 Å². The summed E-state index contributed by atoms with van der Waals surface area (Å²) in [5.41, 5.74) is 4.17. The lowest BCUT2D eigenvalue weighted by Gasteiger charge is -2.28. The second-order valence-electron chi connectivity index (χ2n) is 8.95. The Morgan fingerprint density at radius 3 is 2.49 bits per heavy atom. The number of carbonyl (C=O) groups is 1. The number of anilines is 1. The van der Waals surface area contributed by atoms with Gasteiger partial charge in [-0.25, -0.2) is 9.37 Å². The van der Waals surface area contributed by atoms with E-state index < -0.39 is 5.82 Å². The number of hydrogen-bond acceptors (Lipinski definition) is 4. The highest BCUT2D eigenvalue weighted by Crippen LogP contribution is 2.41. The first-order chi connectivity index (χ1) is 17.9. The van der Waals surface area contributed by atoms with Crippen LogP contribution < -0.4 is 10.6 Å². The van der Waals surface area contributed by atoms with Gasteiger partial charge in [0.25, 0.3) is 0 Å². The third-order valence-corrected chi connectivity index (χ3v) is 6.95. The minimum absolute atomic E-state index is 0.139. The first kappa shape index (κ1) is 24.6. The molecule has 4 aromatic rings. The number of halogens is 1. The molecule has 0 unspecified atom stereocenters. The van der Waals surface area contributed by atoms with Gasteiger partial charge in [0.2, 0.25) is 5.91 Å². The molecular formula is C28H27FN6OS. The van der Waals surface area contributed by atoms with E-state index in [1.807, 2.05) is 48.2 Å². The van der Waals surface area contributed by atoms with Gasteiger partial charge in [-0.15, -0.1) is 0 Å². The van der Waals surface area contributed by atoms with Crippen LogP contribution in [0.25, 0.3) is 5.82 Å². The van der Waals surface area contributed by atoms with Crippen molar-refractivity contribution < 1.29 is 9.18 Å². The number of aryl methyl sites for hydroxylation is 1. The predicted molar refractivity (Wildman–Crippen MR) is 145 cm³/mol. The highest BCUT2D eigenvalue weighted by Gasteiger charge is 2.41. The van der Waals surface area contributed by atoms with Crippen LogP contribution in [0.3, 0.4) is 0 Å². The first-order valence-corrected chi connectivity index (χ1v) is 12.5. The molecule has 2 atom stereocenters. The Balaban J connectivity index is 1.47. The van der Waals surface area contributed by atoms with Crippen molar-refractivity contribution in [3.63, 3.8) is 0 Å². The summed E-state index contributed by atoms with van der Waals surface area (Å²) in [5.74, 6) is 0.0821. The zero-order valence-electron chi connectivity index (χ0n) is 20.6. The van der Waals surface area contributed by atoms with Gasteiger partial charge in [-0.1, -0.05) is 24.3 Å². The minimum atomic E-state index is -0.468. The number of rotatable bonds is 7. The molecule has 0 bridgehead atoms. The van der Waals surface area contributed by atoms with Crippen LogP contribution in [0.4, 0.5) is 10.1 Å². The maximum atomic E-state index is 14.0. The summed E-state index contributed by atoms with van der Waals surface area (Å²) in [6, 6.07) is 19.5. The van der Waals surface area contributed by atoms with E-state index in [-0.39, 0.29) is 30.1 Å². The molecule has 37 heavy (non-hydrogen) atoms. The number of pyridine rings is 2. The Morgan fingerprint density at radius 1 is 1.05 bits per heavy atom. The maximum Gasteiger partial charge on any atom is 0.226 e. The number of carbonyl (C=O) groups excluding carboxylic acids is 1. The van der Waals surface area contributed by atoms with Crippen LogP contribution in [-0.2, 0) is 4.79 Å². The fourth-order valence-electron chi connectivity index (χ4n) is 4.91. The topological polar surface area (TPSA) is 75.1 Å². The van der Waals surface area contributed by atoms with Gasteiger partial charge >= 0.3 is 0 Å². The van der Waals surface area contributed by atoms with Crippen LogP contribution in [-0.4, -0.2) is 37.0 Å². The van der Waals surface area contributed by atoms with E-state index in [0.29, 0.717) is 11.7 Å². The van der Waals surface area contributed by atoms with Crippen molar-refractivity contribution in [1.82, 2.24) is 24.8 Å². The molecule has 0 saturated carbocycles. The smallest absolute Gasteiger partial charge is 0.226 e. The van der Waals surface area contributed by atoms with Crippen molar-refractivity contribution in [3.8, 4) is 5.82 Å². The molecule has 1 amide bonds. The highest BCUT2D eigenvalue weighted by atomic mass is 32.1. The average Bonchev–Trinajstić information content (AvgIpc) is 3.39. The molecule has 4 heterocycles. The summed E-state index contributed by atoms with van der Waals surface area (Å²) in [4.78, 5) is 23.9. The van der Waals surface area contributed by atoms with Crippen molar-refractivity contribution in [3.05, 3.63) is 108 Å². The Hall–Kier alpha value is -4.11. The molecular weight excluding hydrogens is 487 g/mol. The number of benzene rings is 1. The Morgan fingerprint density at radius 2 is 1.78 bits per heavy atom. The summed E-state index contributed by atoms with van der Waals surface area (Å²) in [7, 11) is 0. The van der Waals surface area contributed by atoms with Crippen LogP contribution >= 0.6 is 12.2 Å². The molecule has 1 aromatic carbocycles. The molecule has 7 nitrogen and oxygen atoms in total. The lowest BCUT2D eigenvalue weighted by atomic mass is 9.96. The van der Waals surface area contributed by atoms with Gasteiger partial charge in [-0.2, -0.15) is 0 Å². The fraction of sp³-hybridized carbons (Fsp3) is 0.214. The number of para-hydroxylation sites is 1. The number of nitrogens with zero attached hydrogens (tertiary/aromatic N) is 4. The summed E-state index contributed by atoms with van der Waals surface area (Å²) in [5, 5.41) is 6.63. The summed E-state index contributed by atoms with van der Waals surface area (Å²) in [6.45, 7) is 4.47. The normalized spacial score (nSPS) is 17.1. The largest absolute Gasteiger partial charge is 0.352 e. The van der Waals surface area contributed by atoms with Crippen molar-refractivity contribution in [1.29, 1.82) is 0 Å². The van der Waals surface area contributed by atoms with Gasteiger partial charge in [0.05, 0.1) is 23.5 Å². The molecule has 2 N–H and O–H groups in total. The zero-order valence-corrected chi connectivity index (χ0v) is 21.4. The molecule has 3 aromatic heterocycles. The van der Waals surface area contributed by atoms with E-state index in [1.54, 1.807) is 30.6 Å². The van der Waals surface area contributed by atoms with Crippen molar-refractivity contribution in [2.75, 3.05) is 11.9 Å². The lowest BCUT2D eigenvalue weighted by Crippen LogP contribution is -2.33. The van der Waals surface area contributed by atoms with Gasteiger partial charge < -0.3 is 20.1 Å². The van der Waals surface area contributed by atoms with Crippen LogP contribution in [0.15, 0.2) is 79.1 Å². The third-order valence-electron chi connectivity index (χ3n) is 6.59. The van der Waals surface area contributed by atoms with Crippen LogP contribution in [0.1, 0.15) is 41.1 Å². The fourth-order valence-corrected chi connectivity index (χ4v) is 5.24. The van der Waals surface area contributed by atoms with Crippen molar-refractivity contribution in [2.24, 2.45) is 0 Å². The number of amides is 1. The number of thiocarbonyl (C=S) groups is 1. The summed E-state index contributed by atoms with van der Waals surface area (Å²) in [6.07, 6.45) is 3.68. The second-order valence-corrected chi connectivity index (χ2v) is 9.33. The summed E-state index contributed by atoms with van der Waals surface area (Å²) >= 11 is 5.75. The SMILES string of the molecule is Cc1cc([C@@H]2[C@H](c3ccccn3)NC(=S)N2CCC(=O)Nc2ccccc2F)c(C)n1-c1ccccn1. The van der Waals surface area contributed by atoms with E-state index in [1.165, 1.54) is 6.07 Å². The molecule has 1 saturated heterocycles. The molecule has 5 rings (SSSR count). The van der Waals surface area contributed by atoms with E-state index >= 15 is 0 Å². The van der Waals surface area contributed by atoms with Crippen molar-refractivity contribution >= 4 is 28.9 Å². The van der Waals surface area contributed by atoms with Gasteiger partial charge in [0, 0.05) is 36.7 Å². The molecule has 1 aliphatic rings. The molecule has 188 valence electrons. The van der Waals surface area contributed by atoms with E-state index in [4.69, 9.17) is 12.2 Å². The molecule has 1 aliphatic heterocycles. The van der Waals surface area contributed by atoms with Gasteiger partial charge in [0.15, 0.2) is 5.11 Å². The number of nitrogens with one attached hydrogen (secondary N) is 2. The molecule has 9 heteroatoms.